The zero-order valence-electron chi connectivity index (χ0n) is 19.9. The zero-order chi connectivity index (χ0) is 25.2. The fourth-order valence-corrected chi connectivity index (χ4v) is 5.33. The summed E-state index contributed by atoms with van der Waals surface area (Å²) in [5.41, 5.74) is 2.03. The van der Waals surface area contributed by atoms with Crippen molar-refractivity contribution in [2.45, 2.75) is 32.8 Å². The number of nitrogens with zero attached hydrogens (tertiary/aromatic N) is 1. The molecule has 0 saturated carbocycles. The second kappa shape index (κ2) is 10.1. The maximum absolute atomic E-state index is 14.3. The molecule has 0 N–H and O–H groups in total. The van der Waals surface area contributed by atoms with Crippen molar-refractivity contribution >= 4 is 33.0 Å². The molecule has 5 rings (SSSR count). The number of ketones is 2. The monoisotopic (exact) mass is 505 g/mol. The van der Waals surface area contributed by atoms with Gasteiger partial charge in [-0.1, -0.05) is 19.1 Å². The first-order valence-electron chi connectivity index (χ1n) is 11.7. The fraction of sp³-hybridized carbons (Fsp3) is 0.250. The minimum absolute atomic E-state index is 0.00769. The van der Waals surface area contributed by atoms with Crippen molar-refractivity contribution < 1.29 is 28.2 Å². The summed E-state index contributed by atoms with van der Waals surface area (Å²) in [6.45, 7) is 2.89. The van der Waals surface area contributed by atoms with Gasteiger partial charge in [0.15, 0.2) is 23.1 Å². The summed E-state index contributed by atoms with van der Waals surface area (Å²) >= 11 is 1.34. The van der Waals surface area contributed by atoms with Gasteiger partial charge in [0.25, 0.3) is 0 Å². The first-order chi connectivity index (χ1) is 17.5. The zero-order valence-corrected chi connectivity index (χ0v) is 20.7. The summed E-state index contributed by atoms with van der Waals surface area (Å²) in [7, 11) is 1.52. The van der Waals surface area contributed by atoms with Crippen LogP contribution in [-0.4, -0.2) is 30.3 Å². The molecule has 0 saturated heterocycles. The molecule has 2 aromatic heterocycles. The minimum atomic E-state index is -0.291. The van der Waals surface area contributed by atoms with Gasteiger partial charge in [-0.25, -0.2) is 9.37 Å². The van der Waals surface area contributed by atoms with E-state index in [1.165, 1.54) is 24.5 Å². The second-order valence-electron chi connectivity index (χ2n) is 8.41. The van der Waals surface area contributed by atoms with Gasteiger partial charge in [0.05, 0.1) is 23.3 Å². The van der Waals surface area contributed by atoms with Crippen LogP contribution in [0.3, 0.4) is 0 Å². The standard InChI is InChI=1S/C28H24FNO5S/c1-3-13-34-22-11-7-16(14-24(22)33-2)20(31)9-10-21(32)19-8-12-23-27(30-19)26-17-5-4-6-18(29)28(17)36-25(26)15-35-23/h4-8,11-12,14H,3,9-10,13,15H2,1-2H3. The lowest BCUT2D eigenvalue weighted by Crippen LogP contribution is -2.10. The summed E-state index contributed by atoms with van der Waals surface area (Å²) in [5.74, 6) is 0.891. The number of carbonyl (C=O) groups excluding carboxylic acids is 2. The molecule has 36 heavy (non-hydrogen) atoms. The molecule has 184 valence electrons. The van der Waals surface area contributed by atoms with Crippen LogP contribution in [-0.2, 0) is 6.61 Å². The summed E-state index contributed by atoms with van der Waals surface area (Å²) in [4.78, 5) is 31.2. The van der Waals surface area contributed by atoms with Gasteiger partial charge in [-0.15, -0.1) is 11.3 Å². The van der Waals surface area contributed by atoms with Gasteiger partial charge >= 0.3 is 0 Å². The molecular weight excluding hydrogens is 481 g/mol. The molecule has 0 radical (unpaired) electrons. The molecule has 4 aromatic rings. The first-order valence-corrected chi connectivity index (χ1v) is 12.5. The van der Waals surface area contributed by atoms with E-state index in [0.29, 0.717) is 46.4 Å². The fourth-order valence-electron chi connectivity index (χ4n) is 4.21. The Morgan fingerprint density at radius 1 is 1.08 bits per heavy atom. The Bertz CT molecular complexity index is 1480. The number of methoxy groups -OCH3 is 1. The number of hydrogen-bond donors (Lipinski definition) is 0. The van der Waals surface area contributed by atoms with Gasteiger partial charge in [0, 0.05) is 29.4 Å². The van der Waals surface area contributed by atoms with Crippen LogP contribution >= 0.6 is 11.3 Å². The van der Waals surface area contributed by atoms with E-state index in [1.807, 2.05) is 13.0 Å². The lowest BCUT2D eigenvalue weighted by molar-refractivity contribution is 0.0914. The third kappa shape index (κ3) is 4.44. The molecule has 1 aliphatic heterocycles. The number of rotatable bonds is 9. The maximum Gasteiger partial charge on any atom is 0.181 e. The highest BCUT2D eigenvalue weighted by molar-refractivity contribution is 7.19. The lowest BCUT2D eigenvalue weighted by Gasteiger charge is -2.17. The van der Waals surface area contributed by atoms with Gasteiger partial charge in [0.1, 0.15) is 29.6 Å². The van der Waals surface area contributed by atoms with Crippen molar-refractivity contribution in [3.05, 3.63) is 70.5 Å². The Labute approximate surface area is 211 Å². The van der Waals surface area contributed by atoms with E-state index >= 15 is 0 Å². The van der Waals surface area contributed by atoms with Crippen LogP contribution < -0.4 is 14.2 Å². The average Bonchev–Trinajstić information content (AvgIpc) is 3.30. The van der Waals surface area contributed by atoms with Crippen LogP contribution in [0.2, 0.25) is 0 Å². The molecule has 1 aliphatic rings. The van der Waals surface area contributed by atoms with Crippen LogP contribution in [0.25, 0.3) is 21.3 Å². The Kier molecular flexibility index (Phi) is 6.69. The molecular formula is C28H24FNO5S. The van der Waals surface area contributed by atoms with Crippen LogP contribution in [0.4, 0.5) is 4.39 Å². The van der Waals surface area contributed by atoms with E-state index in [0.717, 1.165) is 22.2 Å². The number of pyridine rings is 1. The van der Waals surface area contributed by atoms with Gasteiger partial charge in [-0.2, -0.15) is 0 Å². The second-order valence-corrected chi connectivity index (χ2v) is 9.51. The number of aromatic nitrogens is 1. The van der Waals surface area contributed by atoms with E-state index in [2.05, 4.69) is 4.98 Å². The number of carbonyl (C=O) groups is 2. The van der Waals surface area contributed by atoms with E-state index < -0.39 is 0 Å². The average molecular weight is 506 g/mol. The normalized spacial score (nSPS) is 12.0. The highest BCUT2D eigenvalue weighted by atomic mass is 32.1. The number of benzene rings is 2. The van der Waals surface area contributed by atoms with Crippen LogP contribution in [0.1, 0.15) is 51.9 Å². The number of thiophene rings is 1. The maximum atomic E-state index is 14.3. The quantitative estimate of drug-likeness (QED) is 0.238. The predicted octanol–water partition coefficient (Wildman–Crippen LogP) is 6.64. The summed E-state index contributed by atoms with van der Waals surface area (Å²) in [5, 5.41) is 0.757. The highest BCUT2D eigenvalue weighted by Crippen LogP contribution is 2.45. The largest absolute Gasteiger partial charge is 0.493 e. The molecule has 0 bridgehead atoms. The van der Waals surface area contributed by atoms with Crippen molar-refractivity contribution in [1.82, 2.24) is 4.98 Å². The number of halogens is 1. The molecule has 0 atom stereocenters. The molecule has 0 aliphatic carbocycles. The van der Waals surface area contributed by atoms with Gasteiger partial charge < -0.3 is 14.2 Å². The Morgan fingerprint density at radius 2 is 1.92 bits per heavy atom. The summed E-state index contributed by atoms with van der Waals surface area (Å²) < 4.78 is 31.7. The van der Waals surface area contributed by atoms with E-state index in [9.17, 15) is 14.0 Å². The lowest BCUT2D eigenvalue weighted by atomic mass is 10.0. The topological polar surface area (TPSA) is 74.7 Å². The molecule has 0 amide bonds. The minimum Gasteiger partial charge on any atom is -0.493 e. The summed E-state index contributed by atoms with van der Waals surface area (Å²) in [6.07, 6.45) is 0.896. The summed E-state index contributed by atoms with van der Waals surface area (Å²) in [6, 6.07) is 13.3. The number of hydrogen-bond acceptors (Lipinski definition) is 7. The SMILES string of the molecule is CCCOc1ccc(C(=O)CCC(=O)c2ccc3c(n2)-c2c(sc4c(F)cccc24)CO3)cc1OC. The van der Waals surface area contributed by atoms with Gasteiger partial charge in [-0.05, 0) is 42.8 Å². The predicted molar refractivity (Wildman–Crippen MR) is 136 cm³/mol. The first kappa shape index (κ1) is 23.9. The molecule has 2 aromatic carbocycles. The van der Waals surface area contributed by atoms with Crippen LogP contribution in [0.5, 0.6) is 17.2 Å². The number of fused-ring (bicyclic) bond motifs is 5. The number of Topliss-reactive ketones (excluding diaryl/α,β-unsaturated/α-hetero) is 2. The molecule has 8 heteroatoms. The third-order valence-corrected chi connectivity index (χ3v) is 7.19. The number of ether oxygens (including phenoxy) is 3. The van der Waals surface area contributed by atoms with Gasteiger partial charge in [-0.3, -0.25) is 9.59 Å². The van der Waals surface area contributed by atoms with E-state index in [4.69, 9.17) is 14.2 Å². The highest BCUT2D eigenvalue weighted by Gasteiger charge is 2.26. The Morgan fingerprint density at radius 3 is 2.72 bits per heavy atom. The van der Waals surface area contributed by atoms with Crippen molar-refractivity contribution in [2.75, 3.05) is 13.7 Å². The Balaban J connectivity index is 1.34. The third-order valence-electron chi connectivity index (χ3n) is 6.01. The van der Waals surface area contributed by atoms with Crippen molar-refractivity contribution in [3.8, 4) is 28.5 Å². The van der Waals surface area contributed by atoms with Crippen molar-refractivity contribution in [3.63, 3.8) is 0 Å². The molecule has 3 heterocycles. The molecule has 0 fully saturated rings. The van der Waals surface area contributed by atoms with Crippen LogP contribution in [0, 0.1) is 5.82 Å². The molecule has 0 spiro atoms. The van der Waals surface area contributed by atoms with Gasteiger partial charge in [0.2, 0.25) is 0 Å². The van der Waals surface area contributed by atoms with Crippen molar-refractivity contribution in [1.29, 1.82) is 0 Å². The van der Waals surface area contributed by atoms with Crippen LogP contribution in [0.15, 0.2) is 48.5 Å². The van der Waals surface area contributed by atoms with E-state index in [-0.39, 0.29) is 35.9 Å². The van der Waals surface area contributed by atoms with E-state index in [1.54, 1.807) is 36.4 Å². The molecule has 0 unspecified atom stereocenters. The van der Waals surface area contributed by atoms with Crippen molar-refractivity contribution in [2.24, 2.45) is 0 Å². The smallest absolute Gasteiger partial charge is 0.181 e. The molecule has 6 nitrogen and oxygen atoms in total. The Hall–Kier alpha value is -3.78.